The summed E-state index contributed by atoms with van der Waals surface area (Å²) in [4.78, 5) is 17.9. The Bertz CT molecular complexity index is 1300. The third-order valence-corrected chi connectivity index (χ3v) is 6.34. The lowest BCUT2D eigenvalue weighted by atomic mass is 9.96. The minimum absolute atomic E-state index is 0.256. The van der Waals surface area contributed by atoms with Crippen molar-refractivity contribution in [1.82, 2.24) is 19.6 Å². The fourth-order valence-corrected chi connectivity index (χ4v) is 4.39. The molecule has 2 aromatic carbocycles. The summed E-state index contributed by atoms with van der Waals surface area (Å²) in [6.45, 7) is 8.29. The Kier molecular flexibility index (Phi) is 5.06. The minimum Gasteiger partial charge on any atom is -0.481 e. The maximum absolute atomic E-state index is 11.1. The molecule has 3 heterocycles. The maximum Gasteiger partial charge on any atom is 0.309 e. The number of carbonyl (C=O) groups is 1. The summed E-state index contributed by atoms with van der Waals surface area (Å²) in [5.41, 5.74) is 5.24. The van der Waals surface area contributed by atoms with E-state index in [1.165, 1.54) is 5.52 Å². The Labute approximate surface area is 186 Å². The van der Waals surface area contributed by atoms with Gasteiger partial charge in [-0.15, -0.1) is 0 Å². The highest BCUT2D eigenvalue weighted by Gasteiger charge is 2.32. The van der Waals surface area contributed by atoms with Crippen LogP contribution in [0.5, 0.6) is 0 Å². The molecule has 7 heteroatoms. The third kappa shape index (κ3) is 3.58. The van der Waals surface area contributed by atoms with Gasteiger partial charge in [0.1, 0.15) is 0 Å². The topological polar surface area (TPSA) is 84.4 Å². The highest BCUT2D eigenvalue weighted by Crippen LogP contribution is 2.30. The summed E-state index contributed by atoms with van der Waals surface area (Å²) >= 11 is 0. The number of hydrogen-bond donors (Lipinski definition) is 1. The van der Waals surface area contributed by atoms with Crippen molar-refractivity contribution < 1.29 is 14.4 Å². The highest BCUT2D eigenvalue weighted by atomic mass is 16.5. The Morgan fingerprint density at radius 3 is 2.78 bits per heavy atom. The van der Waals surface area contributed by atoms with Gasteiger partial charge >= 0.3 is 5.97 Å². The number of nitrogens with zero attached hydrogens (tertiary/aromatic N) is 4. The molecule has 7 nitrogen and oxygen atoms in total. The van der Waals surface area contributed by atoms with Crippen LogP contribution in [0.15, 0.2) is 53.2 Å². The molecule has 0 unspecified atom stereocenters. The average Bonchev–Trinajstić information content (AvgIpc) is 3.38. The molecule has 1 aliphatic rings. The molecule has 0 spiro atoms. The molecule has 1 saturated heterocycles. The monoisotopic (exact) mass is 430 g/mol. The van der Waals surface area contributed by atoms with Crippen molar-refractivity contribution in [2.24, 2.45) is 5.92 Å². The van der Waals surface area contributed by atoms with E-state index in [4.69, 9.17) is 9.63 Å². The number of fused-ring (bicyclic) bond motifs is 1. The Balaban J connectivity index is 1.39. The van der Waals surface area contributed by atoms with Crippen LogP contribution in [0.2, 0.25) is 0 Å². The van der Waals surface area contributed by atoms with E-state index < -0.39 is 5.97 Å². The summed E-state index contributed by atoms with van der Waals surface area (Å²) in [5, 5.41) is 14.5. The van der Waals surface area contributed by atoms with Crippen molar-refractivity contribution in [3.63, 3.8) is 0 Å². The van der Waals surface area contributed by atoms with Gasteiger partial charge in [-0.3, -0.25) is 9.69 Å². The second-order valence-electron chi connectivity index (χ2n) is 8.83. The molecule has 32 heavy (non-hydrogen) atoms. The smallest absolute Gasteiger partial charge is 0.309 e. The quantitative estimate of drug-likeness (QED) is 0.475. The molecular weight excluding hydrogens is 404 g/mol. The minimum atomic E-state index is -0.718. The van der Waals surface area contributed by atoms with Crippen LogP contribution in [-0.4, -0.2) is 43.8 Å². The molecule has 2 aromatic heterocycles. The molecule has 0 amide bonds. The van der Waals surface area contributed by atoms with Crippen LogP contribution in [0.25, 0.3) is 33.7 Å². The van der Waals surface area contributed by atoms with Gasteiger partial charge in [0.25, 0.3) is 5.89 Å². The maximum atomic E-state index is 11.1. The number of carboxylic acid groups (broad SMARTS) is 1. The summed E-state index contributed by atoms with van der Waals surface area (Å²) < 4.78 is 7.85. The molecule has 0 radical (unpaired) electrons. The number of benzene rings is 2. The number of likely N-dealkylation sites (tertiary alicyclic amines) is 1. The second-order valence-corrected chi connectivity index (χ2v) is 8.83. The lowest BCUT2D eigenvalue weighted by molar-refractivity contribution is -0.147. The van der Waals surface area contributed by atoms with Crippen molar-refractivity contribution in [2.75, 3.05) is 13.1 Å². The molecule has 4 aromatic rings. The molecule has 0 saturated carbocycles. The zero-order chi connectivity index (χ0) is 22.4. The van der Waals surface area contributed by atoms with Crippen LogP contribution in [0.3, 0.4) is 0 Å². The Morgan fingerprint density at radius 2 is 2.03 bits per heavy atom. The second kappa shape index (κ2) is 7.91. The summed E-state index contributed by atoms with van der Waals surface area (Å²) in [7, 11) is 0. The lowest BCUT2D eigenvalue weighted by Crippen LogP contribution is -2.49. The fraction of sp³-hybridized carbons (Fsp3) is 0.320. The SMILES string of the molecule is Cc1c(CN2CC(C(=O)O)C2)cccc1-c1noc(-c2ccc3c(ccn3C(C)C)c2)n1. The summed E-state index contributed by atoms with van der Waals surface area (Å²) in [6, 6.07) is 14.8. The van der Waals surface area contributed by atoms with E-state index in [2.05, 4.69) is 70.8 Å². The van der Waals surface area contributed by atoms with Crippen molar-refractivity contribution in [1.29, 1.82) is 0 Å². The predicted molar refractivity (Wildman–Crippen MR) is 122 cm³/mol. The van der Waals surface area contributed by atoms with Gasteiger partial charge in [-0.2, -0.15) is 4.98 Å². The lowest BCUT2D eigenvalue weighted by Gasteiger charge is -2.37. The molecule has 1 N–H and O–H groups in total. The zero-order valence-corrected chi connectivity index (χ0v) is 18.4. The van der Waals surface area contributed by atoms with Gasteiger partial charge in [0.2, 0.25) is 5.82 Å². The number of rotatable bonds is 6. The van der Waals surface area contributed by atoms with Crippen molar-refractivity contribution >= 4 is 16.9 Å². The fourth-order valence-electron chi connectivity index (χ4n) is 4.39. The van der Waals surface area contributed by atoms with E-state index in [0.717, 1.165) is 34.2 Å². The number of hydrogen-bond acceptors (Lipinski definition) is 5. The third-order valence-electron chi connectivity index (χ3n) is 6.34. The van der Waals surface area contributed by atoms with Crippen LogP contribution in [-0.2, 0) is 11.3 Å². The van der Waals surface area contributed by atoms with Crippen LogP contribution >= 0.6 is 0 Å². The number of carboxylic acids is 1. The van der Waals surface area contributed by atoms with E-state index in [-0.39, 0.29) is 5.92 Å². The first-order valence-corrected chi connectivity index (χ1v) is 10.9. The van der Waals surface area contributed by atoms with Gasteiger partial charge in [-0.05, 0) is 56.2 Å². The largest absolute Gasteiger partial charge is 0.481 e. The summed E-state index contributed by atoms with van der Waals surface area (Å²) in [6.07, 6.45) is 2.10. The first-order chi connectivity index (χ1) is 15.4. The van der Waals surface area contributed by atoms with Crippen LogP contribution in [0, 0.1) is 12.8 Å². The van der Waals surface area contributed by atoms with E-state index in [0.29, 0.717) is 30.8 Å². The molecule has 164 valence electrons. The average molecular weight is 431 g/mol. The number of aliphatic carboxylic acids is 1. The number of aromatic nitrogens is 3. The van der Waals surface area contributed by atoms with Crippen LogP contribution in [0.4, 0.5) is 0 Å². The van der Waals surface area contributed by atoms with E-state index in [9.17, 15) is 4.79 Å². The normalized spacial score (nSPS) is 14.9. The van der Waals surface area contributed by atoms with Crippen molar-refractivity contribution in [3.05, 3.63) is 59.8 Å². The molecule has 0 atom stereocenters. The summed E-state index contributed by atoms with van der Waals surface area (Å²) in [5.74, 6) is 0.0836. The van der Waals surface area contributed by atoms with Gasteiger partial charge in [-0.25, -0.2) is 0 Å². The van der Waals surface area contributed by atoms with Gasteiger partial charge in [0, 0.05) is 53.9 Å². The Morgan fingerprint density at radius 1 is 1.22 bits per heavy atom. The van der Waals surface area contributed by atoms with E-state index >= 15 is 0 Å². The van der Waals surface area contributed by atoms with Crippen molar-refractivity contribution in [3.8, 4) is 22.8 Å². The standard InChI is InChI=1S/C25H26N4O3/c1-15(2)29-10-9-17-11-18(7-8-22(17)29)24-26-23(27-32-24)21-6-4-5-19(16(21)3)12-28-13-20(14-28)25(30)31/h4-11,15,20H,12-14H2,1-3H3,(H,30,31). The zero-order valence-electron chi connectivity index (χ0n) is 18.4. The molecule has 1 fully saturated rings. The van der Waals surface area contributed by atoms with E-state index in [1.54, 1.807) is 0 Å². The van der Waals surface area contributed by atoms with Gasteiger partial charge in [0.15, 0.2) is 0 Å². The van der Waals surface area contributed by atoms with Gasteiger partial charge in [-0.1, -0.05) is 23.4 Å². The first kappa shape index (κ1) is 20.5. The van der Waals surface area contributed by atoms with Crippen LogP contribution < -0.4 is 0 Å². The van der Waals surface area contributed by atoms with Gasteiger partial charge < -0.3 is 14.2 Å². The molecule has 0 aliphatic carbocycles. The highest BCUT2D eigenvalue weighted by molar-refractivity contribution is 5.84. The van der Waals surface area contributed by atoms with E-state index in [1.807, 2.05) is 18.2 Å². The van der Waals surface area contributed by atoms with Crippen LogP contribution in [0.1, 0.15) is 31.0 Å². The van der Waals surface area contributed by atoms with Crippen molar-refractivity contribution in [2.45, 2.75) is 33.4 Å². The molecule has 5 rings (SSSR count). The Hall–Kier alpha value is -3.45. The van der Waals surface area contributed by atoms with Gasteiger partial charge in [0.05, 0.1) is 5.92 Å². The molecule has 0 bridgehead atoms. The predicted octanol–water partition coefficient (Wildman–Crippen LogP) is 4.76. The molecular formula is C25H26N4O3. The first-order valence-electron chi connectivity index (χ1n) is 10.9. The molecule has 1 aliphatic heterocycles.